The van der Waals surface area contributed by atoms with Gasteiger partial charge in [-0.05, 0) is 25.4 Å². The first-order valence-electron chi connectivity index (χ1n) is 6.40. The summed E-state index contributed by atoms with van der Waals surface area (Å²) in [6.45, 7) is 8.51. The predicted octanol–water partition coefficient (Wildman–Crippen LogP) is 3.01. The van der Waals surface area contributed by atoms with Gasteiger partial charge in [0.15, 0.2) is 0 Å². The highest BCUT2D eigenvalue weighted by Crippen LogP contribution is 2.26. The molecule has 0 unspecified atom stereocenters. The number of aromatic nitrogens is 3. The van der Waals surface area contributed by atoms with Crippen LogP contribution in [0.1, 0.15) is 50.7 Å². The molecule has 0 spiro atoms. The second kappa shape index (κ2) is 5.97. The molecule has 0 fully saturated rings. The highest BCUT2D eigenvalue weighted by molar-refractivity contribution is 7.13. The summed E-state index contributed by atoms with van der Waals surface area (Å²) in [6.07, 6.45) is 0. The largest absolute Gasteiger partial charge is 0.336 e. The van der Waals surface area contributed by atoms with E-state index < -0.39 is 0 Å². The van der Waals surface area contributed by atoms with E-state index in [1.54, 1.807) is 11.9 Å². The normalized spacial score (nSPS) is 11.1. The van der Waals surface area contributed by atoms with Crippen molar-refractivity contribution in [2.24, 2.45) is 0 Å². The fourth-order valence-corrected chi connectivity index (χ4v) is 3.47. The maximum atomic E-state index is 12.5. The molecule has 2 rings (SSSR count). The van der Waals surface area contributed by atoms with Crippen LogP contribution in [0, 0.1) is 13.8 Å². The van der Waals surface area contributed by atoms with Crippen LogP contribution >= 0.6 is 22.9 Å². The van der Waals surface area contributed by atoms with E-state index in [1.807, 2.05) is 13.8 Å². The summed E-state index contributed by atoms with van der Waals surface area (Å²) in [7, 11) is 1.80. The third-order valence-electron chi connectivity index (χ3n) is 2.97. The first kappa shape index (κ1) is 15.1. The van der Waals surface area contributed by atoms with Crippen molar-refractivity contribution < 1.29 is 4.79 Å². The molecular formula is C13H18N4OS2. The Balaban J connectivity index is 2.16. The molecule has 0 N–H and O–H groups in total. The first-order chi connectivity index (χ1) is 9.40. The number of amides is 1. The molecule has 0 bridgehead atoms. The zero-order valence-corrected chi connectivity index (χ0v) is 13.9. The third-order valence-corrected chi connectivity index (χ3v) is 5.23. The van der Waals surface area contributed by atoms with Gasteiger partial charge in [-0.25, -0.2) is 4.98 Å². The molecule has 108 valence electrons. The molecule has 2 aromatic heterocycles. The van der Waals surface area contributed by atoms with Crippen LogP contribution in [0.25, 0.3) is 0 Å². The summed E-state index contributed by atoms with van der Waals surface area (Å²) in [6, 6.07) is 0. The number of thiazole rings is 1. The van der Waals surface area contributed by atoms with E-state index in [-0.39, 0.29) is 5.91 Å². The predicted molar refractivity (Wildman–Crippen MR) is 81.4 cm³/mol. The average molecular weight is 310 g/mol. The van der Waals surface area contributed by atoms with Crippen molar-refractivity contribution in [3.05, 3.63) is 26.1 Å². The molecule has 1 amide bonds. The molecule has 0 aliphatic heterocycles. The summed E-state index contributed by atoms with van der Waals surface area (Å²) >= 11 is 2.83. The van der Waals surface area contributed by atoms with Crippen molar-refractivity contribution in [3.63, 3.8) is 0 Å². The molecule has 0 aliphatic carbocycles. The van der Waals surface area contributed by atoms with Crippen molar-refractivity contribution in [2.45, 2.75) is 40.2 Å². The van der Waals surface area contributed by atoms with Gasteiger partial charge in [-0.3, -0.25) is 4.79 Å². The van der Waals surface area contributed by atoms with Gasteiger partial charge in [-0.2, -0.15) is 0 Å². The fraction of sp³-hybridized carbons (Fsp3) is 0.538. The lowest BCUT2D eigenvalue weighted by molar-refractivity contribution is 0.0790. The standard InChI is InChI=1S/C13H18N4OS2/c1-7(2)12-14-9(4)11(19-12)13(18)17(5)6-10-8(3)15-16-20-10/h7H,6H2,1-5H3. The van der Waals surface area contributed by atoms with Crippen LogP contribution in [-0.2, 0) is 6.54 Å². The van der Waals surface area contributed by atoms with Crippen molar-refractivity contribution in [3.8, 4) is 0 Å². The second-order valence-electron chi connectivity index (χ2n) is 5.06. The lowest BCUT2D eigenvalue weighted by Crippen LogP contribution is -2.25. The minimum absolute atomic E-state index is 0.0136. The van der Waals surface area contributed by atoms with Gasteiger partial charge in [0.05, 0.1) is 27.8 Å². The van der Waals surface area contributed by atoms with E-state index in [4.69, 9.17) is 0 Å². The second-order valence-corrected chi connectivity index (χ2v) is 6.93. The molecule has 0 aliphatic rings. The van der Waals surface area contributed by atoms with Gasteiger partial charge in [0, 0.05) is 13.0 Å². The summed E-state index contributed by atoms with van der Waals surface area (Å²) < 4.78 is 3.90. The van der Waals surface area contributed by atoms with Gasteiger partial charge in [0.1, 0.15) is 4.88 Å². The van der Waals surface area contributed by atoms with E-state index in [9.17, 15) is 4.79 Å². The van der Waals surface area contributed by atoms with Gasteiger partial charge in [0.2, 0.25) is 0 Å². The molecular weight excluding hydrogens is 292 g/mol. The Hall–Kier alpha value is -1.34. The van der Waals surface area contributed by atoms with Crippen molar-refractivity contribution in [1.29, 1.82) is 0 Å². The van der Waals surface area contributed by atoms with Gasteiger partial charge in [-0.15, -0.1) is 16.4 Å². The van der Waals surface area contributed by atoms with E-state index in [1.165, 1.54) is 22.9 Å². The molecule has 0 atom stereocenters. The van der Waals surface area contributed by atoms with Crippen LogP contribution in [0.3, 0.4) is 0 Å². The van der Waals surface area contributed by atoms with Gasteiger partial charge >= 0.3 is 0 Å². The highest BCUT2D eigenvalue weighted by Gasteiger charge is 2.21. The number of nitrogens with zero attached hydrogens (tertiary/aromatic N) is 4. The smallest absolute Gasteiger partial charge is 0.265 e. The van der Waals surface area contributed by atoms with Gasteiger partial charge in [-0.1, -0.05) is 18.3 Å². The molecule has 0 aromatic carbocycles. The van der Waals surface area contributed by atoms with Crippen molar-refractivity contribution >= 4 is 28.8 Å². The van der Waals surface area contributed by atoms with Crippen LogP contribution < -0.4 is 0 Å². The number of hydrogen-bond acceptors (Lipinski definition) is 6. The Bertz CT molecular complexity index is 618. The van der Waals surface area contributed by atoms with Crippen molar-refractivity contribution in [2.75, 3.05) is 7.05 Å². The number of carbonyl (C=O) groups is 1. The van der Waals surface area contributed by atoms with Crippen LogP contribution in [0.5, 0.6) is 0 Å². The Kier molecular flexibility index (Phi) is 4.49. The summed E-state index contributed by atoms with van der Waals surface area (Å²) in [5.74, 6) is 0.359. The fourth-order valence-electron chi connectivity index (χ4n) is 1.72. The van der Waals surface area contributed by atoms with Crippen LogP contribution in [0.15, 0.2) is 0 Å². The molecule has 2 aromatic rings. The van der Waals surface area contributed by atoms with E-state index in [0.29, 0.717) is 12.5 Å². The summed E-state index contributed by atoms with van der Waals surface area (Å²) in [4.78, 5) is 20.4. The molecule has 0 saturated carbocycles. The van der Waals surface area contributed by atoms with Crippen molar-refractivity contribution in [1.82, 2.24) is 19.5 Å². The Morgan fingerprint density at radius 3 is 2.50 bits per heavy atom. The zero-order chi connectivity index (χ0) is 14.9. The Morgan fingerprint density at radius 1 is 1.30 bits per heavy atom. The summed E-state index contributed by atoms with van der Waals surface area (Å²) in [5, 5.41) is 4.98. The molecule has 0 saturated heterocycles. The zero-order valence-electron chi connectivity index (χ0n) is 12.3. The van der Waals surface area contributed by atoms with E-state index in [0.717, 1.165) is 26.1 Å². The van der Waals surface area contributed by atoms with Gasteiger partial charge < -0.3 is 4.90 Å². The van der Waals surface area contributed by atoms with Gasteiger partial charge in [0.25, 0.3) is 5.91 Å². The van der Waals surface area contributed by atoms with Crippen LogP contribution in [0.2, 0.25) is 0 Å². The number of rotatable bonds is 4. The quantitative estimate of drug-likeness (QED) is 0.871. The minimum atomic E-state index is 0.0136. The molecule has 0 radical (unpaired) electrons. The summed E-state index contributed by atoms with van der Waals surface area (Å²) in [5.41, 5.74) is 1.70. The maximum Gasteiger partial charge on any atom is 0.265 e. The lowest BCUT2D eigenvalue weighted by Gasteiger charge is -2.15. The molecule has 5 nitrogen and oxygen atoms in total. The topological polar surface area (TPSA) is 59.0 Å². The van der Waals surface area contributed by atoms with E-state index in [2.05, 4.69) is 28.4 Å². The number of aryl methyl sites for hydroxylation is 2. The average Bonchev–Trinajstić information content (AvgIpc) is 2.95. The third kappa shape index (κ3) is 3.04. The van der Waals surface area contributed by atoms with Crippen LogP contribution in [-0.4, -0.2) is 32.4 Å². The molecule has 2 heterocycles. The molecule has 7 heteroatoms. The van der Waals surface area contributed by atoms with Crippen LogP contribution in [0.4, 0.5) is 0 Å². The first-order valence-corrected chi connectivity index (χ1v) is 7.99. The maximum absolute atomic E-state index is 12.5. The SMILES string of the molecule is Cc1nnsc1CN(C)C(=O)c1sc(C(C)C)nc1C. The van der Waals surface area contributed by atoms with E-state index >= 15 is 0 Å². The minimum Gasteiger partial charge on any atom is -0.336 e. The highest BCUT2D eigenvalue weighted by atomic mass is 32.1. The molecule has 20 heavy (non-hydrogen) atoms. The Labute approximate surface area is 126 Å². The number of carbonyl (C=O) groups excluding carboxylic acids is 1. The Morgan fingerprint density at radius 2 is 2.00 bits per heavy atom. The lowest BCUT2D eigenvalue weighted by atomic mass is 10.2. The number of hydrogen-bond donors (Lipinski definition) is 0. The monoisotopic (exact) mass is 310 g/mol.